The fourth-order valence-electron chi connectivity index (χ4n) is 2.62. The topological polar surface area (TPSA) is 59.9 Å². The van der Waals surface area contributed by atoms with Gasteiger partial charge in [0.2, 0.25) is 0 Å². The van der Waals surface area contributed by atoms with E-state index < -0.39 is 18.8 Å². The number of rotatable bonds is 8. The Balaban J connectivity index is 0.00000392. The lowest BCUT2D eigenvalue weighted by Crippen LogP contribution is -2.40. The van der Waals surface area contributed by atoms with Gasteiger partial charge in [-0.2, -0.15) is 13.2 Å². The van der Waals surface area contributed by atoms with Crippen molar-refractivity contribution in [3.63, 3.8) is 0 Å². The minimum Gasteiger partial charge on any atom is -0.386 e. The second-order valence-corrected chi connectivity index (χ2v) is 7.40. The predicted molar refractivity (Wildman–Crippen MR) is 120 cm³/mol. The van der Waals surface area contributed by atoms with E-state index in [1.165, 1.54) is 11.9 Å². The number of aliphatic hydroxyl groups is 1. The molecule has 1 aromatic heterocycles. The fourth-order valence-corrected chi connectivity index (χ4v) is 3.67. The lowest BCUT2D eigenvalue weighted by molar-refractivity contribution is -0.143. The number of alkyl halides is 3. The first kappa shape index (κ1) is 24.9. The van der Waals surface area contributed by atoms with Crippen LogP contribution in [0, 0.1) is 0 Å². The smallest absolute Gasteiger partial charge is 0.386 e. The van der Waals surface area contributed by atoms with E-state index in [1.807, 2.05) is 30.3 Å². The molecule has 0 aliphatic heterocycles. The Labute approximate surface area is 184 Å². The van der Waals surface area contributed by atoms with Crippen molar-refractivity contribution in [2.45, 2.75) is 18.7 Å². The molecule has 28 heavy (non-hydrogen) atoms. The molecular formula is C18H26F3IN4OS. The molecule has 158 valence electrons. The second kappa shape index (κ2) is 11.8. The summed E-state index contributed by atoms with van der Waals surface area (Å²) in [5.74, 6) is 0.508. The van der Waals surface area contributed by atoms with Gasteiger partial charge in [0.25, 0.3) is 0 Å². The maximum Gasteiger partial charge on any atom is 0.401 e. The summed E-state index contributed by atoms with van der Waals surface area (Å²) in [7, 11) is 3.05. The van der Waals surface area contributed by atoms with Gasteiger partial charge in [-0.3, -0.25) is 9.89 Å². The minimum atomic E-state index is -4.18. The molecule has 1 aromatic carbocycles. The van der Waals surface area contributed by atoms with Gasteiger partial charge in [0.15, 0.2) is 5.96 Å². The molecule has 0 saturated heterocycles. The molecule has 2 rings (SSSR count). The molecule has 1 atom stereocenters. The van der Waals surface area contributed by atoms with Crippen LogP contribution in [0.3, 0.4) is 0 Å². The highest BCUT2D eigenvalue weighted by Crippen LogP contribution is 2.29. The third-order valence-electron chi connectivity index (χ3n) is 3.92. The van der Waals surface area contributed by atoms with E-state index in [4.69, 9.17) is 0 Å². The first-order valence-corrected chi connectivity index (χ1v) is 9.46. The molecular weight excluding hydrogens is 504 g/mol. The summed E-state index contributed by atoms with van der Waals surface area (Å²) < 4.78 is 37.9. The Bertz CT molecular complexity index is 721. The van der Waals surface area contributed by atoms with Gasteiger partial charge >= 0.3 is 6.18 Å². The van der Waals surface area contributed by atoms with Crippen LogP contribution in [0.4, 0.5) is 13.2 Å². The molecule has 0 fully saturated rings. The number of benzene rings is 1. The maximum atomic E-state index is 12.3. The molecule has 0 bridgehead atoms. The molecule has 0 spiro atoms. The van der Waals surface area contributed by atoms with Crippen LogP contribution in [-0.4, -0.2) is 62.4 Å². The van der Waals surface area contributed by atoms with E-state index in [-0.39, 0.29) is 24.0 Å². The number of halogens is 4. The van der Waals surface area contributed by atoms with Gasteiger partial charge < -0.3 is 15.7 Å². The van der Waals surface area contributed by atoms with E-state index in [0.29, 0.717) is 32.0 Å². The zero-order valence-corrected chi connectivity index (χ0v) is 18.9. The normalized spacial score (nSPS) is 13.5. The molecule has 3 N–H and O–H groups in total. The average molecular weight is 530 g/mol. The van der Waals surface area contributed by atoms with E-state index in [1.54, 1.807) is 18.4 Å². The predicted octanol–water partition coefficient (Wildman–Crippen LogP) is 3.60. The van der Waals surface area contributed by atoms with Crippen molar-refractivity contribution in [3.05, 3.63) is 35.2 Å². The van der Waals surface area contributed by atoms with E-state index >= 15 is 0 Å². The number of hydrogen-bond acceptors (Lipinski definition) is 4. The Kier molecular flexibility index (Phi) is 10.5. The van der Waals surface area contributed by atoms with Crippen LogP contribution in [0.1, 0.15) is 17.4 Å². The number of thiophene rings is 1. The fraction of sp³-hybridized carbons (Fsp3) is 0.500. The number of nitrogens with zero attached hydrogens (tertiary/aromatic N) is 2. The zero-order valence-electron chi connectivity index (χ0n) is 15.8. The number of aliphatic hydroxyl groups excluding tert-OH is 1. The molecule has 1 heterocycles. The lowest BCUT2D eigenvalue weighted by atomic mass is 10.2. The van der Waals surface area contributed by atoms with Gasteiger partial charge in [-0.25, -0.2) is 0 Å². The molecule has 0 radical (unpaired) electrons. The first-order valence-electron chi connectivity index (χ1n) is 8.65. The van der Waals surface area contributed by atoms with Crippen LogP contribution in [0.2, 0.25) is 0 Å². The van der Waals surface area contributed by atoms with E-state index in [2.05, 4.69) is 15.6 Å². The number of guanidine groups is 1. The summed E-state index contributed by atoms with van der Waals surface area (Å²) in [5.41, 5.74) is 0. The van der Waals surface area contributed by atoms with Crippen LogP contribution in [0.5, 0.6) is 0 Å². The summed E-state index contributed by atoms with van der Waals surface area (Å²) in [6.07, 6.45) is -4.30. The largest absolute Gasteiger partial charge is 0.401 e. The van der Waals surface area contributed by atoms with Gasteiger partial charge in [0.1, 0.15) is 6.10 Å². The monoisotopic (exact) mass is 530 g/mol. The third kappa shape index (κ3) is 8.50. The van der Waals surface area contributed by atoms with Crippen molar-refractivity contribution in [1.29, 1.82) is 0 Å². The van der Waals surface area contributed by atoms with Crippen molar-refractivity contribution in [1.82, 2.24) is 15.5 Å². The van der Waals surface area contributed by atoms with Crippen molar-refractivity contribution in [2.75, 3.05) is 40.3 Å². The van der Waals surface area contributed by atoms with E-state index in [9.17, 15) is 18.3 Å². The summed E-state index contributed by atoms with van der Waals surface area (Å²) in [6.45, 7) is 0.191. The van der Waals surface area contributed by atoms with Crippen LogP contribution in [-0.2, 0) is 0 Å². The van der Waals surface area contributed by atoms with Crippen LogP contribution < -0.4 is 10.6 Å². The minimum absolute atomic E-state index is 0. The Hall–Kier alpha value is -1.11. The Morgan fingerprint density at radius 1 is 1.29 bits per heavy atom. The molecule has 1 unspecified atom stereocenters. The van der Waals surface area contributed by atoms with Crippen LogP contribution >= 0.6 is 35.3 Å². The SMILES string of the molecule is CN=C(NCCCN(C)CC(F)(F)F)NCC(O)c1cc2ccccc2s1.I. The van der Waals surface area contributed by atoms with Crippen molar-refractivity contribution >= 4 is 51.4 Å². The number of hydrogen-bond donors (Lipinski definition) is 3. The lowest BCUT2D eigenvalue weighted by Gasteiger charge is -2.19. The van der Waals surface area contributed by atoms with Gasteiger partial charge in [-0.15, -0.1) is 35.3 Å². The number of aliphatic imine (C=N–C) groups is 1. The van der Waals surface area contributed by atoms with Gasteiger partial charge in [0.05, 0.1) is 6.54 Å². The standard InChI is InChI=1S/C18H25F3N4OS.HI/c1-22-17(23-8-5-9-25(2)12-18(19,20)21)24-11-14(26)16-10-13-6-3-4-7-15(13)27-16;/h3-4,6-7,10,14,26H,5,8-9,11-12H2,1-2H3,(H2,22,23,24);1H. The molecule has 0 aliphatic rings. The second-order valence-electron chi connectivity index (χ2n) is 6.29. The van der Waals surface area contributed by atoms with Gasteiger partial charge in [-0.05, 0) is 37.5 Å². The molecule has 0 saturated carbocycles. The zero-order chi connectivity index (χ0) is 19.9. The maximum absolute atomic E-state index is 12.3. The van der Waals surface area contributed by atoms with Gasteiger partial charge in [-0.1, -0.05) is 18.2 Å². The summed E-state index contributed by atoms with van der Waals surface area (Å²) in [4.78, 5) is 6.17. The molecule has 0 amide bonds. The molecule has 0 aliphatic carbocycles. The summed E-state index contributed by atoms with van der Waals surface area (Å²) >= 11 is 1.55. The summed E-state index contributed by atoms with van der Waals surface area (Å²) in [5, 5.41) is 17.6. The van der Waals surface area contributed by atoms with Crippen molar-refractivity contribution in [3.8, 4) is 0 Å². The summed E-state index contributed by atoms with van der Waals surface area (Å²) in [6, 6.07) is 9.91. The average Bonchev–Trinajstić information content (AvgIpc) is 3.03. The number of nitrogens with one attached hydrogen (secondary N) is 2. The number of fused-ring (bicyclic) bond motifs is 1. The van der Waals surface area contributed by atoms with Crippen LogP contribution in [0.15, 0.2) is 35.3 Å². The quantitative estimate of drug-likeness (QED) is 0.211. The van der Waals surface area contributed by atoms with Gasteiger partial charge in [0, 0.05) is 29.7 Å². The van der Waals surface area contributed by atoms with Crippen molar-refractivity contribution in [2.24, 2.45) is 4.99 Å². The highest BCUT2D eigenvalue weighted by atomic mass is 127. The highest BCUT2D eigenvalue weighted by molar-refractivity contribution is 14.0. The first-order chi connectivity index (χ1) is 12.8. The van der Waals surface area contributed by atoms with E-state index in [0.717, 1.165) is 15.0 Å². The molecule has 2 aromatic rings. The van der Waals surface area contributed by atoms with Crippen LogP contribution in [0.25, 0.3) is 10.1 Å². The Morgan fingerprint density at radius 2 is 2.00 bits per heavy atom. The molecule has 5 nitrogen and oxygen atoms in total. The highest BCUT2D eigenvalue weighted by Gasteiger charge is 2.28. The molecule has 10 heteroatoms. The Morgan fingerprint density at radius 3 is 2.64 bits per heavy atom. The third-order valence-corrected chi connectivity index (χ3v) is 5.14. The van der Waals surface area contributed by atoms with Crippen molar-refractivity contribution < 1.29 is 18.3 Å².